The third kappa shape index (κ3) is 3.00. The summed E-state index contributed by atoms with van der Waals surface area (Å²) in [6.45, 7) is 9.03. The molecule has 3 rings (SSSR count). The molecule has 1 aromatic carbocycles. The molecule has 1 atom stereocenters. The van der Waals surface area contributed by atoms with Crippen LogP contribution in [0.1, 0.15) is 44.6 Å². The van der Waals surface area contributed by atoms with E-state index < -0.39 is 0 Å². The Labute approximate surface area is 127 Å². The fraction of sp³-hybridized carbons (Fsp3) is 0.667. The van der Waals surface area contributed by atoms with Crippen molar-refractivity contribution in [3.05, 3.63) is 35.6 Å². The molecule has 0 saturated carbocycles. The number of nitrogens with zero attached hydrogens (tertiary/aromatic N) is 1. The first-order valence-corrected chi connectivity index (χ1v) is 8.31. The van der Waals surface area contributed by atoms with E-state index in [9.17, 15) is 4.39 Å². The topological polar surface area (TPSA) is 15.3 Å². The molecule has 1 unspecified atom stereocenters. The molecular formula is C18H27FN2. The highest BCUT2D eigenvalue weighted by atomic mass is 19.1. The van der Waals surface area contributed by atoms with E-state index in [4.69, 9.17) is 0 Å². The van der Waals surface area contributed by atoms with Crippen molar-refractivity contribution in [1.29, 1.82) is 0 Å². The second-order valence-electron chi connectivity index (χ2n) is 7.05. The summed E-state index contributed by atoms with van der Waals surface area (Å²) in [6, 6.07) is 7.90. The molecule has 0 bridgehead atoms. The van der Waals surface area contributed by atoms with Crippen molar-refractivity contribution in [3.8, 4) is 0 Å². The zero-order valence-electron chi connectivity index (χ0n) is 13.2. The van der Waals surface area contributed by atoms with Crippen molar-refractivity contribution in [2.45, 2.75) is 45.1 Å². The van der Waals surface area contributed by atoms with Gasteiger partial charge in [0.05, 0.1) is 0 Å². The molecule has 2 aliphatic rings. The smallest absolute Gasteiger partial charge is 0.123 e. The first kappa shape index (κ1) is 15.0. The van der Waals surface area contributed by atoms with E-state index in [1.165, 1.54) is 37.9 Å². The van der Waals surface area contributed by atoms with E-state index in [0.29, 0.717) is 17.4 Å². The molecule has 0 aromatic heterocycles. The van der Waals surface area contributed by atoms with E-state index >= 15 is 0 Å². The highest BCUT2D eigenvalue weighted by molar-refractivity contribution is 5.25. The van der Waals surface area contributed by atoms with Gasteiger partial charge in [0.2, 0.25) is 0 Å². The average molecular weight is 290 g/mol. The summed E-state index contributed by atoms with van der Waals surface area (Å²) in [5.74, 6) is 0.351. The summed E-state index contributed by atoms with van der Waals surface area (Å²) in [6.07, 6.45) is 3.71. The van der Waals surface area contributed by atoms with Crippen LogP contribution in [0.2, 0.25) is 0 Å². The van der Waals surface area contributed by atoms with Gasteiger partial charge in [0, 0.05) is 18.5 Å². The molecule has 2 nitrogen and oxygen atoms in total. The third-order valence-corrected chi connectivity index (χ3v) is 5.66. The number of rotatable bonds is 2. The van der Waals surface area contributed by atoms with Crippen LogP contribution in [0.25, 0.3) is 0 Å². The lowest BCUT2D eigenvalue weighted by molar-refractivity contribution is 0.0405. The lowest BCUT2D eigenvalue weighted by Gasteiger charge is -2.50. The highest BCUT2D eigenvalue weighted by Gasteiger charge is 2.43. The number of piperidine rings is 2. The maximum atomic E-state index is 13.6. The van der Waals surface area contributed by atoms with Crippen molar-refractivity contribution in [2.24, 2.45) is 5.41 Å². The monoisotopic (exact) mass is 290 g/mol. The zero-order chi connectivity index (χ0) is 14.9. The third-order valence-electron chi connectivity index (χ3n) is 5.66. The summed E-state index contributed by atoms with van der Waals surface area (Å²) in [5.41, 5.74) is 1.55. The minimum Gasteiger partial charge on any atom is -0.316 e. The Morgan fingerprint density at radius 3 is 2.67 bits per heavy atom. The van der Waals surface area contributed by atoms with Crippen LogP contribution in [-0.4, -0.2) is 37.1 Å². The molecule has 2 aliphatic heterocycles. The maximum Gasteiger partial charge on any atom is 0.123 e. The van der Waals surface area contributed by atoms with Crippen molar-refractivity contribution in [3.63, 3.8) is 0 Å². The van der Waals surface area contributed by atoms with Gasteiger partial charge in [0.15, 0.2) is 0 Å². The molecule has 3 heteroatoms. The molecule has 116 valence electrons. The lowest BCUT2D eigenvalue weighted by atomic mass is 9.62. The van der Waals surface area contributed by atoms with Crippen LogP contribution in [0, 0.1) is 11.2 Å². The molecule has 0 radical (unpaired) electrons. The molecule has 2 heterocycles. The van der Waals surface area contributed by atoms with Crippen LogP contribution < -0.4 is 5.32 Å². The Morgan fingerprint density at radius 1 is 1.24 bits per heavy atom. The average Bonchev–Trinajstić information content (AvgIpc) is 2.48. The molecule has 2 fully saturated rings. The standard InChI is InChI=1S/C18H27FN2/c1-14(2)21-10-7-18(8-11-21)6-9-20-13-17(18)15-4-3-5-16(19)12-15/h3-5,12,14,17,20H,6-11,13H2,1-2H3. The number of halogens is 1. The van der Waals surface area contributed by atoms with Crippen LogP contribution in [0.5, 0.6) is 0 Å². The Bertz CT molecular complexity index is 478. The molecule has 21 heavy (non-hydrogen) atoms. The second kappa shape index (κ2) is 6.05. The predicted octanol–water partition coefficient (Wildman–Crippen LogP) is 3.39. The zero-order valence-corrected chi connectivity index (χ0v) is 13.2. The van der Waals surface area contributed by atoms with Gasteiger partial charge < -0.3 is 10.2 Å². The fourth-order valence-electron chi connectivity index (χ4n) is 4.25. The Hall–Kier alpha value is -0.930. The molecule has 2 saturated heterocycles. The lowest BCUT2D eigenvalue weighted by Crippen LogP contribution is -2.51. The Morgan fingerprint density at radius 2 is 2.00 bits per heavy atom. The molecular weight excluding hydrogens is 263 g/mol. The van der Waals surface area contributed by atoms with Gasteiger partial charge in [-0.2, -0.15) is 0 Å². The summed E-state index contributed by atoms with van der Waals surface area (Å²) in [5, 5.41) is 3.52. The quantitative estimate of drug-likeness (QED) is 0.898. The predicted molar refractivity (Wildman–Crippen MR) is 85.0 cm³/mol. The number of benzene rings is 1. The number of likely N-dealkylation sites (tertiary alicyclic amines) is 1. The fourth-order valence-corrected chi connectivity index (χ4v) is 4.25. The van der Waals surface area contributed by atoms with Crippen molar-refractivity contribution in [1.82, 2.24) is 10.2 Å². The normalized spacial score (nSPS) is 26.4. The molecule has 1 aromatic rings. The van der Waals surface area contributed by atoms with Gasteiger partial charge in [-0.25, -0.2) is 4.39 Å². The summed E-state index contributed by atoms with van der Waals surface area (Å²) >= 11 is 0. The number of hydrogen-bond donors (Lipinski definition) is 1. The van der Waals surface area contributed by atoms with E-state index in [0.717, 1.165) is 13.1 Å². The van der Waals surface area contributed by atoms with Crippen LogP contribution in [-0.2, 0) is 0 Å². The van der Waals surface area contributed by atoms with E-state index in [1.807, 2.05) is 6.07 Å². The van der Waals surface area contributed by atoms with Crippen LogP contribution in [0.15, 0.2) is 24.3 Å². The van der Waals surface area contributed by atoms with Crippen LogP contribution in [0.3, 0.4) is 0 Å². The highest BCUT2D eigenvalue weighted by Crippen LogP contribution is 2.48. The van der Waals surface area contributed by atoms with Gasteiger partial charge in [-0.3, -0.25) is 0 Å². The Balaban J connectivity index is 1.82. The summed E-state index contributed by atoms with van der Waals surface area (Å²) < 4.78 is 13.6. The minimum atomic E-state index is -0.104. The first-order valence-electron chi connectivity index (χ1n) is 8.31. The van der Waals surface area contributed by atoms with Gasteiger partial charge >= 0.3 is 0 Å². The van der Waals surface area contributed by atoms with E-state index in [1.54, 1.807) is 12.1 Å². The molecule has 0 aliphatic carbocycles. The van der Waals surface area contributed by atoms with Crippen molar-refractivity contribution < 1.29 is 4.39 Å². The van der Waals surface area contributed by atoms with E-state index in [-0.39, 0.29) is 5.82 Å². The second-order valence-corrected chi connectivity index (χ2v) is 7.05. The van der Waals surface area contributed by atoms with Gasteiger partial charge in [-0.1, -0.05) is 12.1 Å². The summed E-state index contributed by atoms with van der Waals surface area (Å²) in [4.78, 5) is 2.58. The van der Waals surface area contributed by atoms with Crippen LogP contribution in [0.4, 0.5) is 4.39 Å². The molecule has 0 amide bonds. The van der Waals surface area contributed by atoms with Gasteiger partial charge in [0.1, 0.15) is 5.82 Å². The molecule has 1 spiro atoms. The number of nitrogens with one attached hydrogen (secondary N) is 1. The van der Waals surface area contributed by atoms with Gasteiger partial charge in [-0.15, -0.1) is 0 Å². The SMILES string of the molecule is CC(C)N1CCC2(CCNCC2c2cccc(F)c2)CC1. The number of hydrogen-bond acceptors (Lipinski definition) is 2. The van der Waals surface area contributed by atoms with E-state index in [2.05, 4.69) is 30.1 Å². The Kier molecular flexibility index (Phi) is 4.32. The largest absolute Gasteiger partial charge is 0.316 e. The minimum absolute atomic E-state index is 0.104. The van der Waals surface area contributed by atoms with Crippen LogP contribution >= 0.6 is 0 Å². The first-order chi connectivity index (χ1) is 10.1. The maximum absolute atomic E-state index is 13.6. The van der Waals surface area contributed by atoms with Gasteiger partial charge in [0.25, 0.3) is 0 Å². The summed E-state index contributed by atoms with van der Waals surface area (Å²) in [7, 11) is 0. The van der Waals surface area contributed by atoms with Crippen molar-refractivity contribution >= 4 is 0 Å². The van der Waals surface area contributed by atoms with Gasteiger partial charge in [-0.05, 0) is 75.9 Å². The molecule has 1 N–H and O–H groups in total. The van der Waals surface area contributed by atoms with Crippen molar-refractivity contribution in [2.75, 3.05) is 26.2 Å².